The third-order valence-corrected chi connectivity index (χ3v) is 5.71. The summed E-state index contributed by atoms with van der Waals surface area (Å²) >= 11 is 0. The molecule has 0 saturated heterocycles. The fourth-order valence-corrected chi connectivity index (χ4v) is 3.82. The molecule has 1 heterocycles. The number of rotatable bonds is 6. The fraction of sp³-hybridized carbons (Fsp3) is 0.190. The lowest BCUT2D eigenvalue weighted by atomic mass is 10.1. The van der Waals surface area contributed by atoms with Gasteiger partial charge in [0.15, 0.2) is 0 Å². The van der Waals surface area contributed by atoms with Gasteiger partial charge in [-0.25, -0.2) is 4.79 Å². The Morgan fingerprint density at radius 3 is 2.33 bits per heavy atom. The molecule has 8 nitrogen and oxygen atoms in total. The molecular weight excluding hydrogens is 406 g/mol. The molecule has 9 heteroatoms. The second-order valence-corrected chi connectivity index (χ2v) is 8.02. The summed E-state index contributed by atoms with van der Waals surface area (Å²) in [6.45, 7) is 1.44. The van der Waals surface area contributed by atoms with Crippen LogP contribution in [-0.4, -0.2) is 31.5 Å². The predicted molar refractivity (Wildman–Crippen MR) is 110 cm³/mol. The van der Waals surface area contributed by atoms with Crippen LogP contribution in [0.5, 0.6) is 5.75 Å². The van der Waals surface area contributed by atoms with E-state index in [0.29, 0.717) is 22.4 Å². The van der Waals surface area contributed by atoms with E-state index in [4.69, 9.17) is 14.7 Å². The zero-order chi connectivity index (χ0) is 21.7. The van der Waals surface area contributed by atoms with Gasteiger partial charge < -0.3 is 9.47 Å². The van der Waals surface area contributed by atoms with Crippen LogP contribution in [0.25, 0.3) is 0 Å². The lowest BCUT2D eigenvalue weighted by molar-refractivity contribution is -0.139. The average molecular weight is 425 g/mol. The van der Waals surface area contributed by atoms with E-state index in [1.807, 2.05) is 6.07 Å². The van der Waals surface area contributed by atoms with Crippen LogP contribution < -0.4 is 4.74 Å². The number of benzene rings is 2. The van der Waals surface area contributed by atoms with Gasteiger partial charge in [-0.15, -0.1) is 4.40 Å². The summed E-state index contributed by atoms with van der Waals surface area (Å²) in [7, 11) is -2.41. The second-order valence-electron chi connectivity index (χ2n) is 6.48. The molecular formula is C21H19N3O5S. The number of hydrogen-bond acceptors (Lipinski definition) is 6. The molecule has 0 unspecified atom stereocenters. The van der Waals surface area contributed by atoms with Crippen molar-refractivity contribution in [2.24, 2.45) is 4.40 Å². The maximum Gasteiger partial charge on any atom is 0.344 e. The smallest absolute Gasteiger partial charge is 0.344 e. The van der Waals surface area contributed by atoms with Gasteiger partial charge in [-0.05, 0) is 42.3 Å². The maximum atomic E-state index is 12.5. The van der Waals surface area contributed by atoms with E-state index in [9.17, 15) is 13.2 Å². The molecule has 0 amide bonds. The number of ether oxygens (including phenoxy) is 2. The largest absolute Gasteiger partial charge is 0.497 e. The van der Waals surface area contributed by atoms with Crippen molar-refractivity contribution in [1.29, 1.82) is 5.26 Å². The first-order valence-corrected chi connectivity index (χ1v) is 10.3. The Bertz CT molecular complexity index is 1140. The number of esters is 1. The van der Waals surface area contributed by atoms with E-state index in [0.717, 1.165) is 4.31 Å². The Labute approximate surface area is 174 Å². The van der Waals surface area contributed by atoms with Gasteiger partial charge in [-0.3, -0.25) is 4.31 Å². The van der Waals surface area contributed by atoms with Crippen LogP contribution in [0.1, 0.15) is 23.6 Å². The minimum absolute atomic E-state index is 0.00943. The van der Waals surface area contributed by atoms with Gasteiger partial charge in [0.25, 0.3) is 0 Å². The normalized spacial score (nSPS) is 14.9. The van der Waals surface area contributed by atoms with Gasteiger partial charge in [0, 0.05) is 6.20 Å². The maximum absolute atomic E-state index is 12.5. The highest BCUT2D eigenvalue weighted by atomic mass is 32.2. The van der Waals surface area contributed by atoms with Crippen LogP contribution in [0.4, 0.5) is 0 Å². The van der Waals surface area contributed by atoms with Gasteiger partial charge in [0.1, 0.15) is 12.4 Å². The van der Waals surface area contributed by atoms with Crippen molar-refractivity contribution in [2.75, 3.05) is 7.11 Å². The van der Waals surface area contributed by atoms with Crippen LogP contribution in [0, 0.1) is 11.3 Å². The molecule has 2 aromatic carbocycles. The summed E-state index contributed by atoms with van der Waals surface area (Å²) in [5, 5.41) is 8.83. The summed E-state index contributed by atoms with van der Waals surface area (Å²) in [4.78, 5) is 12.5. The first-order chi connectivity index (χ1) is 14.3. The number of nitrogens with zero attached hydrogens (tertiary/aromatic N) is 3. The third kappa shape index (κ3) is 4.85. The zero-order valence-corrected chi connectivity index (χ0v) is 17.2. The van der Waals surface area contributed by atoms with E-state index < -0.39 is 16.2 Å². The lowest BCUT2D eigenvalue weighted by Crippen LogP contribution is -2.31. The topological polar surface area (TPSA) is 109 Å². The Morgan fingerprint density at radius 2 is 1.73 bits per heavy atom. The van der Waals surface area contributed by atoms with Crippen molar-refractivity contribution >= 4 is 21.9 Å². The van der Waals surface area contributed by atoms with Crippen LogP contribution in [0.3, 0.4) is 0 Å². The van der Waals surface area contributed by atoms with Crippen LogP contribution >= 0.6 is 0 Å². The minimum Gasteiger partial charge on any atom is -0.497 e. The SMILES string of the molecule is COc1ccc(CN2C=C(C(=O)OCc3ccc(C#N)cc3)C(C)=NS2(=O)=O)cc1. The summed E-state index contributed by atoms with van der Waals surface area (Å²) in [6, 6.07) is 15.5. The molecule has 0 N–H and O–H groups in total. The molecule has 0 aromatic heterocycles. The molecule has 0 bridgehead atoms. The third-order valence-electron chi connectivity index (χ3n) is 4.38. The van der Waals surface area contributed by atoms with Crippen LogP contribution in [-0.2, 0) is 32.9 Å². The number of carbonyl (C=O) groups is 1. The van der Waals surface area contributed by atoms with Crippen LogP contribution in [0.2, 0.25) is 0 Å². The van der Waals surface area contributed by atoms with Crippen molar-refractivity contribution in [3.63, 3.8) is 0 Å². The van der Waals surface area contributed by atoms with E-state index in [1.165, 1.54) is 13.1 Å². The molecule has 1 aliphatic rings. The van der Waals surface area contributed by atoms with Gasteiger partial charge >= 0.3 is 16.2 Å². The fourth-order valence-electron chi connectivity index (χ4n) is 2.72. The van der Waals surface area contributed by atoms with Crippen molar-refractivity contribution in [3.05, 3.63) is 77.0 Å². The lowest BCUT2D eigenvalue weighted by Gasteiger charge is -2.23. The van der Waals surface area contributed by atoms with E-state index >= 15 is 0 Å². The molecule has 30 heavy (non-hydrogen) atoms. The first-order valence-electron chi connectivity index (χ1n) is 8.92. The minimum atomic E-state index is -3.95. The molecule has 3 rings (SSSR count). The van der Waals surface area contributed by atoms with Crippen LogP contribution in [0.15, 0.2) is 64.7 Å². The van der Waals surface area contributed by atoms with E-state index in [2.05, 4.69) is 4.40 Å². The monoisotopic (exact) mass is 425 g/mol. The van der Waals surface area contributed by atoms with Crippen molar-refractivity contribution in [2.45, 2.75) is 20.1 Å². The number of carbonyl (C=O) groups excluding carboxylic acids is 1. The molecule has 2 aromatic rings. The average Bonchev–Trinajstić information content (AvgIpc) is 2.74. The van der Waals surface area contributed by atoms with Crippen molar-refractivity contribution < 1.29 is 22.7 Å². The van der Waals surface area contributed by atoms with Gasteiger partial charge in [0.2, 0.25) is 0 Å². The number of methoxy groups -OCH3 is 1. The van der Waals surface area contributed by atoms with Gasteiger partial charge in [-0.2, -0.15) is 13.7 Å². The van der Waals surface area contributed by atoms with Crippen molar-refractivity contribution in [1.82, 2.24) is 4.31 Å². The summed E-state index contributed by atoms with van der Waals surface area (Å²) in [6.07, 6.45) is 1.24. The highest BCUT2D eigenvalue weighted by molar-refractivity contribution is 7.88. The molecule has 0 fully saturated rings. The molecule has 0 saturated carbocycles. The van der Waals surface area contributed by atoms with Gasteiger partial charge in [0.05, 0.1) is 36.6 Å². The Hall–Kier alpha value is -3.64. The molecule has 0 aliphatic carbocycles. The number of hydrogen-bond donors (Lipinski definition) is 0. The Kier molecular flexibility index (Phi) is 6.18. The molecule has 154 valence electrons. The first kappa shape index (κ1) is 21.1. The Balaban J connectivity index is 1.75. The molecule has 0 spiro atoms. The summed E-state index contributed by atoms with van der Waals surface area (Å²) in [5.41, 5.74) is 2.03. The summed E-state index contributed by atoms with van der Waals surface area (Å²) < 4.78 is 39.9. The van der Waals surface area contributed by atoms with Crippen molar-refractivity contribution in [3.8, 4) is 11.8 Å². The quantitative estimate of drug-likeness (QED) is 0.659. The number of nitriles is 1. The van der Waals surface area contributed by atoms with Gasteiger partial charge in [-0.1, -0.05) is 24.3 Å². The molecule has 1 aliphatic heterocycles. The Morgan fingerprint density at radius 1 is 1.10 bits per heavy atom. The summed E-state index contributed by atoms with van der Waals surface area (Å²) in [5.74, 6) is -0.0352. The zero-order valence-electron chi connectivity index (χ0n) is 16.4. The predicted octanol–water partition coefficient (Wildman–Crippen LogP) is 2.72. The highest BCUT2D eigenvalue weighted by Crippen LogP contribution is 2.22. The molecule has 0 atom stereocenters. The van der Waals surface area contributed by atoms with E-state index in [1.54, 1.807) is 55.6 Å². The standard InChI is InChI=1S/C21H19N3O5S/c1-15-20(21(25)29-14-18-5-3-16(11-22)4-6-18)13-24(30(26,27)23-15)12-17-7-9-19(28-2)10-8-17/h3-10,13H,12,14H2,1-2H3. The highest BCUT2D eigenvalue weighted by Gasteiger charge is 2.29. The molecule has 0 radical (unpaired) electrons. The second kappa shape index (κ2) is 8.80. The van der Waals surface area contributed by atoms with E-state index in [-0.39, 0.29) is 24.4 Å².